The molecule has 0 aliphatic heterocycles. The lowest BCUT2D eigenvalue weighted by atomic mass is 10.2. The summed E-state index contributed by atoms with van der Waals surface area (Å²) >= 11 is 6.94. The maximum atomic E-state index is 9.36. The van der Waals surface area contributed by atoms with Gasteiger partial charge in [-0.15, -0.1) is 0 Å². The van der Waals surface area contributed by atoms with Crippen LogP contribution in [0.5, 0.6) is 5.75 Å². The Labute approximate surface area is 135 Å². The first kappa shape index (κ1) is 15.5. The van der Waals surface area contributed by atoms with Crippen molar-refractivity contribution >= 4 is 31.9 Å². The molecule has 0 amide bonds. The Morgan fingerprint density at radius 3 is 2.70 bits per heavy atom. The molecule has 2 rings (SSSR count). The minimum atomic E-state index is -0.0540. The van der Waals surface area contributed by atoms with Crippen molar-refractivity contribution in [1.82, 2.24) is 9.78 Å². The fourth-order valence-corrected chi connectivity index (χ4v) is 3.07. The molecule has 0 atom stereocenters. The summed E-state index contributed by atoms with van der Waals surface area (Å²) in [6, 6.07) is 5.59. The second-order valence-corrected chi connectivity index (χ2v) is 6.09. The van der Waals surface area contributed by atoms with Gasteiger partial charge in [0.15, 0.2) is 0 Å². The maximum Gasteiger partial charge on any atom is 0.131 e. The Kier molecular flexibility index (Phi) is 5.23. The van der Waals surface area contributed by atoms with E-state index in [9.17, 15) is 5.11 Å². The zero-order chi connectivity index (χ0) is 14.7. The van der Waals surface area contributed by atoms with Gasteiger partial charge in [-0.05, 0) is 40.5 Å². The van der Waals surface area contributed by atoms with Gasteiger partial charge in [-0.1, -0.05) is 22.9 Å². The van der Waals surface area contributed by atoms with Crippen LogP contribution in [0.2, 0.25) is 0 Å². The van der Waals surface area contributed by atoms with Gasteiger partial charge in [0.1, 0.15) is 12.4 Å². The summed E-state index contributed by atoms with van der Waals surface area (Å²) in [6.45, 7) is 2.41. The van der Waals surface area contributed by atoms with Crippen LogP contribution in [0.1, 0.15) is 23.9 Å². The SMILES string of the molecule is CCc1nn(C)c(COc2ccc(Br)cc2CO)c1Br. The van der Waals surface area contributed by atoms with Gasteiger partial charge in [0.25, 0.3) is 0 Å². The van der Waals surface area contributed by atoms with Crippen LogP contribution in [0.15, 0.2) is 27.1 Å². The molecule has 0 aliphatic carbocycles. The lowest BCUT2D eigenvalue weighted by Crippen LogP contribution is -2.05. The Morgan fingerprint density at radius 2 is 2.10 bits per heavy atom. The monoisotopic (exact) mass is 402 g/mol. The molecular weight excluding hydrogens is 388 g/mol. The first-order chi connectivity index (χ1) is 9.56. The highest BCUT2D eigenvalue weighted by molar-refractivity contribution is 9.10. The van der Waals surface area contributed by atoms with Gasteiger partial charge < -0.3 is 9.84 Å². The van der Waals surface area contributed by atoms with Crippen LogP contribution < -0.4 is 4.74 Å². The third-order valence-electron chi connectivity index (χ3n) is 3.06. The Bertz CT molecular complexity index is 611. The van der Waals surface area contributed by atoms with Gasteiger partial charge in [0, 0.05) is 17.1 Å². The summed E-state index contributed by atoms with van der Waals surface area (Å²) in [4.78, 5) is 0. The van der Waals surface area contributed by atoms with Crippen LogP contribution in [0.25, 0.3) is 0 Å². The summed E-state index contributed by atoms with van der Waals surface area (Å²) < 4.78 is 9.55. The van der Waals surface area contributed by atoms with E-state index in [1.807, 2.05) is 29.9 Å². The van der Waals surface area contributed by atoms with Gasteiger partial charge in [-0.2, -0.15) is 5.10 Å². The fraction of sp³-hybridized carbons (Fsp3) is 0.357. The topological polar surface area (TPSA) is 47.3 Å². The number of aliphatic hydroxyl groups excluding tert-OH is 1. The van der Waals surface area contributed by atoms with Crippen LogP contribution in [-0.2, 0) is 26.7 Å². The quantitative estimate of drug-likeness (QED) is 0.829. The highest BCUT2D eigenvalue weighted by Gasteiger charge is 2.13. The highest BCUT2D eigenvalue weighted by atomic mass is 79.9. The third kappa shape index (κ3) is 3.24. The molecule has 1 aromatic carbocycles. The molecule has 0 spiro atoms. The number of rotatable bonds is 5. The van der Waals surface area contributed by atoms with E-state index in [2.05, 4.69) is 43.9 Å². The minimum Gasteiger partial charge on any atom is -0.487 e. The van der Waals surface area contributed by atoms with Gasteiger partial charge in [0.2, 0.25) is 0 Å². The van der Waals surface area contributed by atoms with E-state index in [0.29, 0.717) is 12.4 Å². The zero-order valence-corrected chi connectivity index (χ0v) is 14.5. The Hall–Kier alpha value is -0.850. The van der Waals surface area contributed by atoms with Crippen LogP contribution in [0.3, 0.4) is 0 Å². The molecular formula is C14H16Br2N2O2. The smallest absolute Gasteiger partial charge is 0.131 e. The number of aromatic nitrogens is 2. The molecule has 1 N–H and O–H groups in total. The number of ether oxygens (including phenoxy) is 1. The molecule has 2 aromatic rings. The summed E-state index contributed by atoms with van der Waals surface area (Å²) in [7, 11) is 1.90. The number of aryl methyl sites for hydroxylation is 2. The first-order valence-corrected chi connectivity index (χ1v) is 7.87. The number of halogens is 2. The highest BCUT2D eigenvalue weighted by Crippen LogP contribution is 2.26. The van der Waals surface area contributed by atoms with Crippen molar-refractivity contribution in [2.45, 2.75) is 26.6 Å². The first-order valence-electron chi connectivity index (χ1n) is 6.29. The number of hydrogen-bond acceptors (Lipinski definition) is 3. The molecule has 0 bridgehead atoms. The van der Waals surface area contributed by atoms with E-state index >= 15 is 0 Å². The molecule has 6 heteroatoms. The average molecular weight is 404 g/mol. The number of benzene rings is 1. The lowest BCUT2D eigenvalue weighted by Gasteiger charge is -2.11. The zero-order valence-electron chi connectivity index (χ0n) is 11.4. The summed E-state index contributed by atoms with van der Waals surface area (Å²) in [6.07, 6.45) is 0.870. The van der Waals surface area contributed by atoms with Crippen molar-refractivity contribution in [2.75, 3.05) is 0 Å². The predicted molar refractivity (Wildman–Crippen MR) is 84.7 cm³/mol. The van der Waals surface area contributed by atoms with E-state index < -0.39 is 0 Å². The number of nitrogens with zero attached hydrogens (tertiary/aromatic N) is 2. The van der Waals surface area contributed by atoms with Crippen LogP contribution in [0.4, 0.5) is 0 Å². The van der Waals surface area contributed by atoms with Gasteiger partial charge >= 0.3 is 0 Å². The molecule has 0 saturated heterocycles. The molecule has 0 saturated carbocycles. The maximum absolute atomic E-state index is 9.36. The molecule has 1 heterocycles. The molecule has 0 aliphatic rings. The second kappa shape index (κ2) is 6.74. The number of aliphatic hydroxyl groups is 1. The normalized spacial score (nSPS) is 10.8. The standard InChI is InChI=1S/C14H16Br2N2O2/c1-3-11-14(16)12(18(2)17-11)8-20-13-5-4-10(15)6-9(13)7-19/h4-6,19H,3,7-8H2,1-2H3. The van der Waals surface area contributed by atoms with Crippen LogP contribution in [-0.4, -0.2) is 14.9 Å². The minimum absolute atomic E-state index is 0.0540. The van der Waals surface area contributed by atoms with Gasteiger partial charge in [-0.25, -0.2) is 0 Å². The van der Waals surface area contributed by atoms with E-state index in [4.69, 9.17) is 4.74 Å². The summed E-state index contributed by atoms with van der Waals surface area (Å²) in [5, 5.41) is 13.8. The van der Waals surface area contributed by atoms with E-state index in [0.717, 1.165) is 32.3 Å². The third-order valence-corrected chi connectivity index (χ3v) is 4.47. The lowest BCUT2D eigenvalue weighted by molar-refractivity contribution is 0.255. The summed E-state index contributed by atoms with van der Waals surface area (Å²) in [5.41, 5.74) is 2.76. The predicted octanol–water partition coefficient (Wildman–Crippen LogP) is 3.58. The second-order valence-electron chi connectivity index (χ2n) is 4.38. The molecule has 0 unspecified atom stereocenters. The fourth-order valence-electron chi connectivity index (χ4n) is 1.94. The van der Waals surface area contributed by atoms with Crippen molar-refractivity contribution in [2.24, 2.45) is 7.05 Å². The van der Waals surface area contributed by atoms with E-state index in [-0.39, 0.29) is 6.61 Å². The number of hydrogen-bond donors (Lipinski definition) is 1. The van der Waals surface area contributed by atoms with Gasteiger partial charge in [-0.3, -0.25) is 4.68 Å². The van der Waals surface area contributed by atoms with E-state index in [1.165, 1.54) is 0 Å². The molecule has 4 nitrogen and oxygen atoms in total. The Balaban J connectivity index is 2.19. The molecule has 108 valence electrons. The van der Waals surface area contributed by atoms with Crippen LogP contribution in [0, 0.1) is 0 Å². The summed E-state index contributed by atoms with van der Waals surface area (Å²) in [5.74, 6) is 0.682. The molecule has 20 heavy (non-hydrogen) atoms. The average Bonchev–Trinajstić information content (AvgIpc) is 2.72. The molecule has 0 fully saturated rings. The van der Waals surface area contributed by atoms with Crippen molar-refractivity contribution in [3.05, 3.63) is 44.1 Å². The van der Waals surface area contributed by atoms with Gasteiger partial charge in [0.05, 0.1) is 22.5 Å². The van der Waals surface area contributed by atoms with Crippen molar-refractivity contribution in [1.29, 1.82) is 0 Å². The van der Waals surface area contributed by atoms with Crippen molar-refractivity contribution in [3.63, 3.8) is 0 Å². The van der Waals surface area contributed by atoms with E-state index in [1.54, 1.807) is 0 Å². The molecule has 0 radical (unpaired) electrons. The molecule has 1 aromatic heterocycles. The largest absolute Gasteiger partial charge is 0.487 e. The van der Waals surface area contributed by atoms with Crippen molar-refractivity contribution in [3.8, 4) is 5.75 Å². The van der Waals surface area contributed by atoms with Crippen molar-refractivity contribution < 1.29 is 9.84 Å². The van der Waals surface area contributed by atoms with Crippen LogP contribution >= 0.6 is 31.9 Å². The Morgan fingerprint density at radius 1 is 1.35 bits per heavy atom.